The van der Waals surface area contributed by atoms with Crippen molar-refractivity contribution in [3.63, 3.8) is 0 Å². The van der Waals surface area contributed by atoms with E-state index in [9.17, 15) is 10.1 Å². The van der Waals surface area contributed by atoms with Crippen molar-refractivity contribution in [1.29, 1.82) is 5.26 Å². The minimum absolute atomic E-state index is 0.198. The molecule has 1 aromatic carbocycles. The Morgan fingerprint density at radius 1 is 1.14 bits per heavy atom. The number of amides is 1. The van der Waals surface area contributed by atoms with E-state index in [2.05, 4.69) is 11.4 Å². The Morgan fingerprint density at radius 3 is 2.83 bits per heavy atom. The van der Waals surface area contributed by atoms with Crippen LogP contribution in [-0.2, 0) is 12.8 Å². The van der Waals surface area contributed by atoms with E-state index in [0.29, 0.717) is 16.1 Å². The SMILES string of the molecule is N#Cc1c(NC(=O)c2cc(-c3cccs3)nc3ccccc23)sc2c1CCCC2. The van der Waals surface area contributed by atoms with Crippen LogP contribution in [-0.4, -0.2) is 10.9 Å². The highest BCUT2D eigenvalue weighted by atomic mass is 32.1. The Labute approximate surface area is 176 Å². The quantitative estimate of drug-likeness (QED) is 0.444. The van der Waals surface area contributed by atoms with E-state index in [-0.39, 0.29) is 5.91 Å². The standard InChI is InChI=1S/C23H17N3OS2/c24-13-17-15-7-2-4-9-20(15)29-23(17)26-22(27)16-12-19(21-10-5-11-28-21)25-18-8-3-1-6-14(16)18/h1,3,5-6,8,10-12H,2,4,7,9H2,(H,26,27). The first-order valence-electron chi connectivity index (χ1n) is 9.54. The second-order valence-electron chi connectivity index (χ2n) is 7.03. The number of pyridine rings is 1. The average molecular weight is 416 g/mol. The molecule has 0 atom stereocenters. The minimum atomic E-state index is -0.198. The van der Waals surface area contributed by atoms with Gasteiger partial charge in [-0.1, -0.05) is 24.3 Å². The number of benzene rings is 1. The lowest BCUT2D eigenvalue weighted by molar-refractivity contribution is 0.102. The molecule has 0 saturated carbocycles. The van der Waals surface area contributed by atoms with Gasteiger partial charge in [-0.2, -0.15) is 5.26 Å². The van der Waals surface area contributed by atoms with Crippen molar-refractivity contribution in [3.05, 3.63) is 69.4 Å². The summed E-state index contributed by atoms with van der Waals surface area (Å²) in [6, 6.07) is 15.8. The topological polar surface area (TPSA) is 65.8 Å². The number of para-hydroxylation sites is 1. The van der Waals surface area contributed by atoms with Crippen molar-refractivity contribution in [2.24, 2.45) is 0 Å². The molecule has 0 spiro atoms. The summed E-state index contributed by atoms with van der Waals surface area (Å²) in [5.74, 6) is -0.198. The van der Waals surface area contributed by atoms with Gasteiger partial charge in [-0.05, 0) is 54.8 Å². The number of carbonyl (C=O) groups is 1. The number of thiophene rings is 2. The number of nitrogens with one attached hydrogen (secondary N) is 1. The van der Waals surface area contributed by atoms with Gasteiger partial charge in [0.2, 0.25) is 0 Å². The molecule has 0 fully saturated rings. The predicted octanol–water partition coefficient (Wildman–Crippen LogP) is 6.03. The molecule has 5 rings (SSSR count). The summed E-state index contributed by atoms with van der Waals surface area (Å²) >= 11 is 3.15. The van der Waals surface area contributed by atoms with Crippen LogP contribution in [0.5, 0.6) is 0 Å². The molecular weight excluding hydrogens is 398 g/mol. The van der Waals surface area contributed by atoms with Gasteiger partial charge in [-0.3, -0.25) is 4.79 Å². The molecule has 1 aliphatic carbocycles. The molecule has 142 valence electrons. The number of nitriles is 1. The third-order valence-electron chi connectivity index (χ3n) is 5.24. The van der Waals surface area contributed by atoms with E-state index in [4.69, 9.17) is 4.98 Å². The van der Waals surface area contributed by atoms with Gasteiger partial charge in [-0.25, -0.2) is 4.98 Å². The van der Waals surface area contributed by atoms with E-state index in [0.717, 1.165) is 52.7 Å². The smallest absolute Gasteiger partial charge is 0.257 e. The molecule has 3 aromatic heterocycles. The van der Waals surface area contributed by atoms with Crippen LogP contribution >= 0.6 is 22.7 Å². The van der Waals surface area contributed by atoms with Crippen molar-refractivity contribution in [2.75, 3.05) is 5.32 Å². The van der Waals surface area contributed by atoms with Gasteiger partial charge < -0.3 is 5.32 Å². The van der Waals surface area contributed by atoms with Crippen LogP contribution in [0.2, 0.25) is 0 Å². The number of anilines is 1. The zero-order valence-electron chi connectivity index (χ0n) is 15.6. The van der Waals surface area contributed by atoms with E-state index in [1.807, 2.05) is 47.8 Å². The molecule has 0 aliphatic heterocycles. The maximum atomic E-state index is 13.3. The Kier molecular flexibility index (Phi) is 4.62. The summed E-state index contributed by atoms with van der Waals surface area (Å²) in [5.41, 5.74) is 3.91. The van der Waals surface area contributed by atoms with Crippen molar-refractivity contribution >= 4 is 44.5 Å². The number of fused-ring (bicyclic) bond motifs is 2. The average Bonchev–Trinajstić information content (AvgIpc) is 3.40. The zero-order valence-corrected chi connectivity index (χ0v) is 17.2. The van der Waals surface area contributed by atoms with Crippen LogP contribution in [0.25, 0.3) is 21.5 Å². The Hall–Kier alpha value is -3.01. The van der Waals surface area contributed by atoms with Crippen molar-refractivity contribution < 1.29 is 4.79 Å². The molecule has 0 bridgehead atoms. The predicted molar refractivity (Wildman–Crippen MR) is 119 cm³/mol. The normalized spacial score (nSPS) is 13.1. The summed E-state index contributed by atoms with van der Waals surface area (Å²) in [6.45, 7) is 0. The molecule has 0 saturated heterocycles. The van der Waals surface area contributed by atoms with Crippen LogP contribution < -0.4 is 5.32 Å². The third-order valence-corrected chi connectivity index (χ3v) is 7.34. The largest absolute Gasteiger partial charge is 0.312 e. The number of aryl methyl sites for hydroxylation is 1. The first-order chi connectivity index (χ1) is 14.2. The molecule has 1 aliphatic rings. The van der Waals surface area contributed by atoms with Crippen LogP contribution in [0, 0.1) is 11.3 Å². The van der Waals surface area contributed by atoms with Crippen molar-refractivity contribution in [2.45, 2.75) is 25.7 Å². The first-order valence-corrected chi connectivity index (χ1v) is 11.2. The van der Waals surface area contributed by atoms with Gasteiger partial charge in [0, 0.05) is 10.3 Å². The van der Waals surface area contributed by atoms with E-state index in [1.165, 1.54) is 4.88 Å². The number of hydrogen-bond donors (Lipinski definition) is 1. The molecular formula is C23H17N3OS2. The van der Waals surface area contributed by atoms with E-state index >= 15 is 0 Å². The number of rotatable bonds is 3. The van der Waals surface area contributed by atoms with Crippen LogP contribution in [0.1, 0.15) is 39.2 Å². The van der Waals surface area contributed by atoms with Crippen molar-refractivity contribution in [1.82, 2.24) is 4.98 Å². The minimum Gasteiger partial charge on any atom is -0.312 e. The van der Waals surface area contributed by atoms with E-state index < -0.39 is 0 Å². The maximum Gasteiger partial charge on any atom is 0.257 e. The van der Waals surface area contributed by atoms with Gasteiger partial charge in [0.25, 0.3) is 5.91 Å². The molecule has 6 heteroatoms. The number of carbonyl (C=O) groups excluding carboxylic acids is 1. The van der Waals surface area contributed by atoms with Gasteiger partial charge in [-0.15, -0.1) is 22.7 Å². The zero-order chi connectivity index (χ0) is 19.8. The molecule has 4 nitrogen and oxygen atoms in total. The van der Waals surface area contributed by atoms with Crippen molar-refractivity contribution in [3.8, 4) is 16.6 Å². The van der Waals surface area contributed by atoms with Gasteiger partial charge in [0.15, 0.2) is 0 Å². The van der Waals surface area contributed by atoms with Crippen LogP contribution in [0.3, 0.4) is 0 Å². The van der Waals surface area contributed by atoms with Crippen LogP contribution in [0.15, 0.2) is 47.8 Å². The Bertz CT molecular complexity index is 1270. The molecule has 29 heavy (non-hydrogen) atoms. The lowest BCUT2D eigenvalue weighted by Crippen LogP contribution is -2.13. The fraction of sp³-hybridized carbons (Fsp3) is 0.174. The molecule has 0 radical (unpaired) electrons. The molecule has 4 aromatic rings. The highest BCUT2D eigenvalue weighted by Gasteiger charge is 2.23. The summed E-state index contributed by atoms with van der Waals surface area (Å²) in [7, 11) is 0. The fourth-order valence-electron chi connectivity index (χ4n) is 3.86. The molecule has 3 heterocycles. The molecule has 1 amide bonds. The van der Waals surface area contributed by atoms with Gasteiger partial charge in [0.05, 0.1) is 27.2 Å². The number of aromatic nitrogens is 1. The second-order valence-corrected chi connectivity index (χ2v) is 9.08. The number of hydrogen-bond acceptors (Lipinski definition) is 5. The first kappa shape index (κ1) is 18.0. The van der Waals surface area contributed by atoms with Crippen LogP contribution in [0.4, 0.5) is 5.00 Å². The number of nitrogens with zero attached hydrogens (tertiary/aromatic N) is 2. The molecule has 1 N–H and O–H groups in total. The third kappa shape index (κ3) is 3.23. The highest BCUT2D eigenvalue weighted by Crippen LogP contribution is 2.38. The van der Waals surface area contributed by atoms with Gasteiger partial charge >= 0.3 is 0 Å². The highest BCUT2D eigenvalue weighted by molar-refractivity contribution is 7.16. The fourth-order valence-corrected chi connectivity index (χ4v) is 5.78. The summed E-state index contributed by atoms with van der Waals surface area (Å²) < 4.78 is 0. The van der Waals surface area contributed by atoms with Gasteiger partial charge in [0.1, 0.15) is 11.1 Å². The summed E-state index contributed by atoms with van der Waals surface area (Å²) in [4.78, 5) is 20.3. The Morgan fingerprint density at radius 2 is 2.00 bits per heavy atom. The monoisotopic (exact) mass is 415 g/mol. The van der Waals surface area contributed by atoms with E-state index in [1.54, 1.807) is 22.7 Å². The summed E-state index contributed by atoms with van der Waals surface area (Å²) in [5, 5.41) is 16.2. The molecule has 0 unspecified atom stereocenters. The second kappa shape index (κ2) is 7.43. The Balaban J connectivity index is 1.58. The lowest BCUT2D eigenvalue weighted by atomic mass is 9.96. The lowest BCUT2D eigenvalue weighted by Gasteiger charge is -2.10. The maximum absolute atomic E-state index is 13.3. The summed E-state index contributed by atoms with van der Waals surface area (Å²) in [6.07, 6.45) is 4.16.